The molecule has 0 radical (unpaired) electrons. The van der Waals surface area contributed by atoms with E-state index in [9.17, 15) is 13.5 Å². The molecular weight excluding hydrogens is 440 g/mol. The van der Waals surface area contributed by atoms with E-state index in [4.69, 9.17) is 4.74 Å². The van der Waals surface area contributed by atoms with E-state index in [0.717, 1.165) is 4.47 Å². The smallest absolute Gasteiger partial charge is 0.252 e. The standard InChI is InChI=1S/C17H21BrN2O4S2/c18-14-3-1-4-16(11-14)24-13-15(21)12-19-6-8-20(9-7-19)26(22,23)17-5-2-10-25-17/h1-5,10-11,15,21H,6-9,12-13H2/p+1/t15-/m1/s1. The molecule has 2 heterocycles. The monoisotopic (exact) mass is 461 g/mol. The second kappa shape index (κ2) is 8.81. The molecule has 0 spiro atoms. The molecule has 142 valence electrons. The van der Waals surface area contributed by atoms with Crippen molar-refractivity contribution in [3.05, 3.63) is 46.3 Å². The number of rotatable bonds is 7. The highest BCUT2D eigenvalue weighted by atomic mass is 79.9. The second-order valence-electron chi connectivity index (χ2n) is 6.21. The van der Waals surface area contributed by atoms with Gasteiger partial charge in [-0.15, -0.1) is 11.3 Å². The summed E-state index contributed by atoms with van der Waals surface area (Å²) >= 11 is 4.63. The van der Waals surface area contributed by atoms with E-state index >= 15 is 0 Å². The van der Waals surface area contributed by atoms with Gasteiger partial charge in [0, 0.05) is 4.47 Å². The number of benzene rings is 1. The Hall–Kier alpha value is -0.970. The summed E-state index contributed by atoms with van der Waals surface area (Å²) in [6.07, 6.45) is -0.593. The molecule has 0 amide bonds. The molecule has 26 heavy (non-hydrogen) atoms. The molecular formula is C17H22BrN2O4S2+. The number of hydrogen-bond acceptors (Lipinski definition) is 5. The van der Waals surface area contributed by atoms with E-state index in [0.29, 0.717) is 42.7 Å². The lowest BCUT2D eigenvalue weighted by Gasteiger charge is -2.32. The van der Waals surface area contributed by atoms with Crippen LogP contribution in [-0.2, 0) is 10.0 Å². The summed E-state index contributed by atoms with van der Waals surface area (Å²) in [5.74, 6) is 0.709. The molecule has 1 aliphatic heterocycles. The largest absolute Gasteiger partial charge is 0.491 e. The number of ether oxygens (including phenoxy) is 1. The van der Waals surface area contributed by atoms with Gasteiger partial charge in [-0.25, -0.2) is 8.42 Å². The minimum atomic E-state index is -3.37. The van der Waals surface area contributed by atoms with Gasteiger partial charge >= 0.3 is 0 Å². The van der Waals surface area contributed by atoms with Gasteiger partial charge in [0.15, 0.2) is 0 Å². The average Bonchev–Trinajstić information content (AvgIpc) is 3.16. The lowest BCUT2D eigenvalue weighted by molar-refractivity contribution is -0.906. The predicted octanol–water partition coefficient (Wildman–Crippen LogP) is 0.840. The van der Waals surface area contributed by atoms with Crippen molar-refractivity contribution in [2.75, 3.05) is 39.3 Å². The molecule has 1 fully saturated rings. The van der Waals surface area contributed by atoms with E-state index in [-0.39, 0.29) is 6.61 Å². The summed E-state index contributed by atoms with van der Waals surface area (Å²) in [5.41, 5.74) is 0. The molecule has 1 aromatic carbocycles. The van der Waals surface area contributed by atoms with Crippen LogP contribution in [0.25, 0.3) is 0 Å². The maximum Gasteiger partial charge on any atom is 0.252 e. The Morgan fingerprint density at radius 3 is 2.69 bits per heavy atom. The Kier molecular flexibility index (Phi) is 6.70. The minimum absolute atomic E-state index is 0.219. The Bertz CT molecular complexity index is 806. The Morgan fingerprint density at radius 2 is 2.04 bits per heavy atom. The summed E-state index contributed by atoms with van der Waals surface area (Å²) < 4.78 is 33.5. The second-order valence-corrected chi connectivity index (χ2v) is 10.2. The number of hydrogen-bond donors (Lipinski definition) is 2. The molecule has 0 saturated carbocycles. The van der Waals surface area contributed by atoms with Crippen LogP contribution >= 0.6 is 27.3 Å². The molecule has 1 aliphatic rings. The number of nitrogens with one attached hydrogen (secondary N) is 1. The molecule has 0 unspecified atom stereocenters. The van der Waals surface area contributed by atoms with Crippen LogP contribution in [0.2, 0.25) is 0 Å². The van der Waals surface area contributed by atoms with Crippen LogP contribution in [-0.4, -0.2) is 63.3 Å². The van der Waals surface area contributed by atoms with Gasteiger partial charge in [-0.2, -0.15) is 4.31 Å². The number of sulfonamides is 1. The number of nitrogens with zero attached hydrogens (tertiary/aromatic N) is 1. The normalized spacial score (nSPS) is 17.9. The molecule has 0 aliphatic carbocycles. The predicted molar refractivity (Wildman–Crippen MR) is 104 cm³/mol. The average molecular weight is 462 g/mol. The van der Waals surface area contributed by atoms with Crippen molar-refractivity contribution in [3.8, 4) is 5.75 Å². The molecule has 1 saturated heterocycles. The summed E-state index contributed by atoms with van der Waals surface area (Å²) in [4.78, 5) is 1.19. The van der Waals surface area contributed by atoms with E-state index in [1.807, 2.05) is 24.3 Å². The Morgan fingerprint density at radius 1 is 1.27 bits per heavy atom. The van der Waals surface area contributed by atoms with E-state index in [2.05, 4.69) is 15.9 Å². The highest BCUT2D eigenvalue weighted by Gasteiger charge is 2.31. The van der Waals surface area contributed by atoms with Gasteiger partial charge in [0.2, 0.25) is 0 Å². The van der Waals surface area contributed by atoms with Crippen molar-refractivity contribution in [2.24, 2.45) is 0 Å². The third-order valence-electron chi connectivity index (χ3n) is 4.28. The summed E-state index contributed by atoms with van der Waals surface area (Å²) in [6, 6.07) is 10.9. The van der Waals surface area contributed by atoms with Gasteiger partial charge in [-0.1, -0.05) is 28.1 Å². The van der Waals surface area contributed by atoms with Gasteiger partial charge < -0.3 is 14.7 Å². The first-order valence-electron chi connectivity index (χ1n) is 8.39. The van der Waals surface area contributed by atoms with Crippen molar-refractivity contribution in [2.45, 2.75) is 10.3 Å². The van der Waals surface area contributed by atoms with Crippen LogP contribution in [0.3, 0.4) is 0 Å². The Balaban J connectivity index is 1.45. The van der Waals surface area contributed by atoms with E-state index in [1.54, 1.807) is 17.5 Å². The zero-order chi connectivity index (χ0) is 18.6. The van der Waals surface area contributed by atoms with Crippen LogP contribution < -0.4 is 9.64 Å². The molecule has 2 N–H and O–H groups in total. The first-order valence-corrected chi connectivity index (χ1v) is 11.5. The van der Waals surface area contributed by atoms with Crippen molar-refractivity contribution in [3.63, 3.8) is 0 Å². The van der Waals surface area contributed by atoms with Crippen LogP contribution in [0, 0.1) is 0 Å². The topological polar surface area (TPSA) is 71.3 Å². The SMILES string of the molecule is O=S(=O)(c1cccs1)N1CC[NH+](C[C@@H](O)COc2cccc(Br)c2)CC1. The fraction of sp³-hybridized carbons (Fsp3) is 0.412. The lowest BCUT2D eigenvalue weighted by Crippen LogP contribution is -3.15. The lowest BCUT2D eigenvalue weighted by atomic mass is 10.3. The molecule has 1 aromatic heterocycles. The van der Waals surface area contributed by atoms with Crippen molar-refractivity contribution >= 4 is 37.3 Å². The number of piperazine rings is 1. The molecule has 0 bridgehead atoms. The van der Waals surface area contributed by atoms with Crippen LogP contribution in [0.4, 0.5) is 0 Å². The van der Waals surface area contributed by atoms with Crippen LogP contribution in [0.1, 0.15) is 0 Å². The van der Waals surface area contributed by atoms with Crippen molar-refractivity contribution in [1.29, 1.82) is 0 Å². The number of thiophene rings is 1. The fourth-order valence-electron chi connectivity index (χ4n) is 2.93. The van der Waals surface area contributed by atoms with Gasteiger partial charge in [0.25, 0.3) is 10.0 Å². The van der Waals surface area contributed by atoms with Crippen molar-refractivity contribution < 1.29 is 23.2 Å². The quantitative estimate of drug-likeness (QED) is 0.640. The maximum absolute atomic E-state index is 12.5. The number of aliphatic hydroxyl groups excluding tert-OH is 1. The number of aliphatic hydroxyl groups is 1. The maximum atomic E-state index is 12.5. The highest BCUT2D eigenvalue weighted by molar-refractivity contribution is 9.10. The van der Waals surface area contributed by atoms with Gasteiger partial charge in [-0.3, -0.25) is 0 Å². The zero-order valence-electron chi connectivity index (χ0n) is 14.2. The van der Waals surface area contributed by atoms with Crippen LogP contribution in [0.15, 0.2) is 50.5 Å². The molecule has 9 heteroatoms. The fourth-order valence-corrected chi connectivity index (χ4v) is 5.89. The molecule has 1 atom stereocenters. The third kappa shape index (κ3) is 5.05. The van der Waals surface area contributed by atoms with Gasteiger partial charge in [0.1, 0.15) is 29.2 Å². The van der Waals surface area contributed by atoms with E-state index < -0.39 is 16.1 Å². The minimum Gasteiger partial charge on any atom is -0.491 e. The summed E-state index contributed by atoms with van der Waals surface area (Å²) in [7, 11) is -3.37. The summed E-state index contributed by atoms with van der Waals surface area (Å²) in [5, 5.41) is 12.0. The van der Waals surface area contributed by atoms with Crippen molar-refractivity contribution in [1.82, 2.24) is 4.31 Å². The zero-order valence-corrected chi connectivity index (χ0v) is 17.4. The number of halogens is 1. The molecule has 6 nitrogen and oxygen atoms in total. The first kappa shape index (κ1) is 19.8. The van der Waals surface area contributed by atoms with Crippen LogP contribution in [0.5, 0.6) is 5.75 Å². The highest BCUT2D eigenvalue weighted by Crippen LogP contribution is 2.20. The molecule has 2 aromatic rings. The summed E-state index contributed by atoms with van der Waals surface area (Å²) in [6.45, 7) is 3.05. The number of quaternary nitrogens is 1. The first-order chi connectivity index (χ1) is 12.4. The Labute approximate surface area is 166 Å². The van der Waals surface area contributed by atoms with Gasteiger partial charge in [-0.05, 0) is 29.6 Å². The van der Waals surface area contributed by atoms with E-state index in [1.165, 1.54) is 20.5 Å². The third-order valence-corrected chi connectivity index (χ3v) is 8.05. The molecule has 3 rings (SSSR count). The van der Waals surface area contributed by atoms with Gasteiger partial charge in [0.05, 0.1) is 26.2 Å².